The van der Waals surface area contributed by atoms with Crippen LogP contribution in [0, 0.1) is 0 Å². The normalized spacial score (nSPS) is 13.7. The third kappa shape index (κ3) is 4.88. The molecule has 0 saturated heterocycles. The smallest absolute Gasteiger partial charge is 0.411 e. The molecule has 140 valence electrons. The average Bonchev–Trinajstić information content (AvgIpc) is 3.07. The van der Waals surface area contributed by atoms with Crippen LogP contribution in [-0.2, 0) is 21.1 Å². The molecule has 0 unspecified atom stereocenters. The van der Waals surface area contributed by atoms with E-state index in [0.29, 0.717) is 25.4 Å². The number of H-pyrrole nitrogens is 1. The van der Waals surface area contributed by atoms with Crippen molar-refractivity contribution in [1.29, 1.82) is 0 Å². The van der Waals surface area contributed by atoms with Crippen LogP contribution < -0.4 is 15.0 Å². The van der Waals surface area contributed by atoms with Crippen molar-refractivity contribution >= 4 is 27.3 Å². The van der Waals surface area contributed by atoms with Crippen LogP contribution in [0.25, 0.3) is 0 Å². The van der Waals surface area contributed by atoms with E-state index in [4.69, 9.17) is 9.47 Å². The van der Waals surface area contributed by atoms with Crippen molar-refractivity contribution in [2.75, 3.05) is 42.0 Å². The van der Waals surface area contributed by atoms with Crippen LogP contribution in [0.2, 0.25) is 0 Å². The zero-order valence-electron chi connectivity index (χ0n) is 14.3. The molecule has 1 aromatic heterocycles. The van der Waals surface area contributed by atoms with E-state index in [0.717, 1.165) is 23.4 Å². The fourth-order valence-electron chi connectivity index (χ4n) is 2.53. The first-order chi connectivity index (χ1) is 12.4. The Bertz CT molecular complexity index is 867. The van der Waals surface area contributed by atoms with Crippen LogP contribution in [0.15, 0.2) is 30.7 Å². The van der Waals surface area contributed by atoms with E-state index in [1.807, 2.05) is 0 Å². The second kappa shape index (κ2) is 7.65. The molecular formula is C16H20N4O5S. The monoisotopic (exact) mass is 380 g/mol. The molecule has 1 amide bonds. The first-order valence-corrected chi connectivity index (χ1v) is 10.1. The summed E-state index contributed by atoms with van der Waals surface area (Å²) in [6.07, 6.45) is 3.77. The van der Waals surface area contributed by atoms with E-state index >= 15 is 0 Å². The van der Waals surface area contributed by atoms with Gasteiger partial charge in [0, 0.05) is 18.1 Å². The molecule has 0 bridgehead atoms. The summed E-state index contributed by atoms with van der Waals surface area (Å²) in [6, 6.07) is 5.28. The van der Waals surface area contributed by atoms with E-state index in [-0.39, 0.29) is 12.4 Å². The number of anilines is 2. The van der Waals surface area contributed by atoms with Gasteiger partial charge in [0.15, 0.2) is 9.84 Å². The highest BCUT2D eigenvalue weighted by atomic mass is 32.2. The molecule has 0 fully saturated rings. The Labute approximate surface area is 151 Å². The van der Waals surface area contributed by atoms with Crippen LogP contribution >= 0.6 is 0 Å². The van der Waals surface area contributed by atoms with Crippen LogP contribution in [0.1, 0.15) is 5.69 Å². The minimum Gasteiger partial charge on any atom is -0.490 e. The largest absolute Gasteiger partial charge is 0.490 e. The van der Waals surface area contributed by atoms with Crippen LogP contribution in [0.3, 0.4) is 0 Å². The Kier molecular flexibility index (Phi) is 5.31. The summed E-state index contributed by atoms with van der Waals surface area (Å²) < 4.78 is 32.7. The fraction of sp³-hybridized carbons (Fsp3) is 0.375. The topological polar surface area (TPSA) is 114 Å². The van der Waals surface area contributed by atoms with Crippen LogP contribution in [0.5, 0.6) is 5.75 Å². The van der Waals surface area contributed by atoms with Gasteiger partial charge in [0.1, 0.15) is 19.0 Å². The third-order valence-electron chi connectivity index (χ3n) is 3.77. The number of imidazole rings is 1. The number of rotatable bonds is 6. The molecular weight excluding hydrogens is 360 g/mol. The Morgan fingerprint density at radius 3 is 3.04 bits per heavy atom. The van der Waals surface area contributed by atoms with E-state index in [2.05, 4.69) is 20.2 Å². The van der Waals surface area contributed by atoms with Crippen molar-refractivity contribution in [2.24, 2.45) is 0 Å². The van der Waals surface area contributed by atoms with Gasteiger partial charge >= 0.3 is 6.09 Å². The van der Waals surface area contributed by atoms with E-state index < -0.39 is 15.9 Å². The Hall–Kier alpha value is -2.75. The molecule has 10 heteroatoms. The number of benzene rings is 1. The maximum Gasteiger partial charge on any atom is 0.411 e. The molecule has 3 rings (SSSR count). The van der Waals surface area contributed by atoms with Crippen molar-refractivity contribution in [3.63, 3.8) is 0 Å². The van der Waals surface area contributed by atoms with Crippen LogP contribution in [0.4, 0.5) is 16.2 Å². The Morgan fingerprint density at radius 1 is 1.46 bits per heavy atom. The average molecular weight is 380 g/mol. The first-order valence-electron chi connectivity index (χ1n) is 8.01. The van der Waals surface area contributed by atoms with Crippen molar-refractivity contribution in [1.82, 2.24) is 9.97 Å². The molecule has 1 aliphatic rings. The highest BCUT2D eigenvalue weighted by Gasteiger charge is 2.20. The number of fused-ring (bicyclic) bond motifs is 1. The number of aromatic amines is 1. The zero-order chi connectivity index (χ0) is 18.6. The fourth-order valence-corrected chi connectivity index (χ4v) is 2.92. The zero-order valence-corrected chi connectivity index (χ0v) is 15.1. The second-order valence-electron chi connectivity index (χ2n) is 5.92. The minimum absolute atomic E-state index is 0.190. The lowest BCUT2D eigenvalue weighted by molar-refractivity contribution is 0.168. The molecule has 26 heavy (non-hydrogen) atoms. The Morgan fingerprint density at radius 2 is 2.31 bits per heavy atom. The van der Waals surface area contributed by atoms with Gasteiger partial charge in [-0.2, -0.15) is 0 Å². The first kappa shape index (κ1) is 18.1. The summed E-state index contributed by atoms with van der Waals surface area (Å²) in [5.41, 5.74) is 2.35. The van der Waals surface area contributed by atoms with E-state index in [9.17, 15) is 13.2 Å². The minimum atomic E-state index is -3.17. The number of nitrogens with zero attached hydrogens (tertiary/aromatic N) is 2. The molecule has 0 aliphatic carbocycles. The van der Waals surface area contributed by atoms with Gasteiger partial charge < -0.3 is 19.4 Å². The number of nitrogens with one attached hydrogen (secondary N) is 2. The lowest BCUT2D eigenvalue weighted by atomic mass is 10.2. The summed E-state index contributed by atoms with van der Waals surface area (Å²) in [5, 5.41) is 2.60. The van der Waals surface area contributed by atoms with Crippen LogP contribution in [-0.4, -0.2) is 56.2 Å². The van der Waals surface area contributed by atoms with Gasteiger partial charge in [-0.15, -0.1) is 0 Å². The van der Waals surface area contributed by atoms with Gasteiger partial charge in [-0.1, -0.05) is 0 Å². The van der Waals surface area contributed by atoms with Gasteiger partial charge in [-0.05, 0) is 18.2 Å². The van der Waals surface area contributed by atoms with Crippen molar-refractivity contribution in [3.8, 4) is 5.75 Å². The number of hydrogen-bond donors (Lipinski definition) is 2. The van der Waals surface area contributed by atoms with Crippen molar-refractivity contribution < 1.29 is 22.7 Å². The molecule has 0 saturated carbocycles. The molecule has 9 nitrogen and oxygen atoms in total. The predicted octanol–water partition coefficient (Wildman–Crippen LogP) is 1.40. The van der Waals surface area contributed by atoms with Gasteiger partial charge in [0.05, 0.1) is 36.6 Å². The maximum atomic E-state index is 11.8. The lowest BCUT2D eigenvalue weighted by Crippen LogP contribution is -2.32. The maximum absolute atomic E-state index is 11.8. The third-order valence-corrected chi connectivity index (χ3v) is 4.68. The Balaban J connectivity index is 1.65. The number of ether oxygens (including phenoxy) is 2. The summed E-state index contributed by atoms with van der Waals surface area (Å²) in [6.45, 7) is 1.72. The summed E-state index contributed by atoms with van der Waals surface area (Å²) in [7, 11) is -3.17. The highest BCUT2D eigenvalue weighted by molar-refractivity contribution is 7.90. The standard InChI is InChI=1S/C16H20N4O5S/c1-26(22,23)7-6-25-16(21)19-12-2-3-15-14(8-12)20(4-5-24-15)10-13-9-17-11-18-13/h2-3,8-9,11H,4-7,10H2,1H3,(H,17,18)(H,19,21). The predicted molar refractivity (Wildman–Crippen MR) is 96.3 cm³/mol. The molecule has 1 aliphatic heterocycles. The van der Waals surface area contributed by atoms with Gasteiger partial charge in [-0.3, -0.25) is 5.32 Å². The van der Waals surface area contributed by atoms with Gasteiger partial charge in [0.2, 0.25) is 0 Å². The number of hydrogen-bond acceptors (Lipinski definition) is 7. The quantitative estimate of drug-likeness (QED) is 0.779. The number of amides is 1. The molecule has 0 radical (unpaired) electrons. The summed E-state index contributed by atoms with van der Waals surface area (Å²) >= 11 is 0. The lowest BCUT2D eigenvalue weighted by Gasteiger charge is -2.31. The van der Waals surface area contributed by atoms with Crippen molar-refractivity contribution in [2.45, 2.75) is 6.54 Å². The molecule has 0 atom stereocenters. The molecule has 2 heterocycles. The van der Waals surface area contributed by atoms with E-state index in [1.54, 1.807) is 30.7 Å². The highest BCUT2D eigenvalue weighted by Crippen LogP contribution is 2.34. The molecule has 2 aromatic rings. The summed E-state index contributed by atoms with van der Waals surface area (Å²) in [5.74, 6) is 0.517. The molecule has 2 N–H and O–H groups in total. The summed E-state index contributed by atoms with van der Waals surface area (Å²) in [4.78, 5) is 21.0. The number of sulfone groups is 1. The molecule has 1 aromatic carbocycles. The van der Waals surface area contributed by atoms with E-state index in [1.165, 1.54) is 0 Å². The van der Waals surface area contributed by atoms with Gasteiger partial charge in [-0.25, -0.2) is 18.2 Å². The number of carbonyl (C=O) groups is 1. The van der Waals surface area contributed by atoms with Crippen molar-refractivity contribution in [3.05, 3.63) is 36.4 Å². The number of carbonyl (C=O) groups excluding carboxylic acids is 1. The van der Waals surface area contributed by atoms with Gasteiger partial charge in [0.25, 0.3) is 0 Å². The second-order valence-corrected chi connectivity index (χ2v) is 8.18. The number of aromatic nitrogens is 2. The molecule has 0 spiro atoms. The SMILES string of the molecule is CS(=O)(=O)CCOC(=O)Nc1ccc2c(c1)N(Cc1cnc[nH]1)CCO2.